The maximum atomic E-state index is 4.74. The lowest BCUT2D eigenvalue weighted by atomic mass is 9.95. The molecule has 0 aliphatic carbocycles. The van der Waals surface area contributed by atoms with Crippen LogP contribution in [-0.2, 0) is 0 Å². The Morgan fingerprint density at radius 2 is 1.10 bits per heavy atom. The average Bonchev–Trinajstić information content (AvgIpc) is 3.49. The Morgan fingerprint density at radius 3 is 1.76 bits per heavy atom. The number of hydrogen-bond acceptors (Lipinski definition) is 2. The lowest BCUT2D eigenvalue weighted by molar-refractivity contribution is 1.16. The molecule has 0 amide bonds. The van der Waals surface area contributed by atoms with Crippen LogP contribution in [0.5, 0.6) is 0 Å². The minimum absolute atomic E-state index is 1.04. The number of nitrogens with zero attached hydrogens (tertiary/aromatic N) is 4. The molecule has 4 heterocycles. The Kier molecular flexibility index (Phi) is 5.35. The summed E-state index contributed by atoms with van der Waals surface area (Å²) >= 11 is 0. The first-order chi connectivity index (χ1) is 20.5. The largest absolute Gasteiger partial charge is 0.309 e. The van der Waals surface area contributed by atoms with Gasteiger partial charge in [-0.3, -0.25) is 9.97 Å². The highest BCUT2D eigenvalue weighted by molar-refractivity contribution is 6.09. The van der Waals surface area contributed by atoms with Crippen LogP contribution in [-0.4, -0.2) is 19.1 Å². The summed E-state index contributed by atoms with van der Waals surface area (Å²) in [5.41, 5.74) is 15.5. The van der Waals surface area contributed by atoms with E-state index in [1.54, 1.807) is 0 Å². The Balaban J connectivity index is 1.25. The van der Waals surface area contributed by atoms with Crippen molar-refractivity contribution in [2.75, 3.05) is 0 Å². The van der Waals surface area contributed by atoms with E-state index in [0.717, 1.165) is 22.4 Å². The van der Waals surface area contributed by atoms with Crippen LogP contribution in [0.2, 0.25) is 0 Å². The molecule has 0 N–H and O–H groups in total. The Bertz CT molecular complexity index is 2180. The van der Waals surface area contributed by atoms with Crippen molar-refractivity contribution >= 4 is 43.7 Å². The zero-order valence-electron chi connectivity index (χ0n) is 24.2. The van der Waals surface area contributed by atoms with E-state index in [2.05, 4.69) is 127 Å². The number of hydrogen-bond donors (Lipinski definition) is 0. The zero-order valence-corrected chi connectivity index (χ0v) is 24.2. The molecule has 4 heteroatoms. The molecule has 8 aromatic rings. The molecule has 0 fully saturated rings. The van der Waals surface area contributed by atoms with Gasteiger partial charge < -0.3 is 9.13 Å². The number of aromatic nitrogens is 4. The monoisotopic (exact) mass is 542 g/mol. The highest BCUT2D eigenvalue weighted by Gasteiger charge is 2.16. The van der Waals surface area contributed by atoms with Gasteiger partial charge in [0.2, 0.25) is 0 Å². The molecule has 4 aromatic heterocycles. The van der Waals surface area contributed by atoms with Gasteiger partial charge in [0.1, 0.15) is 0 Å². The SMILES string of the molecule is Cc1ccc2c(c1)c1cnccc1n2-c1ccc(-c2ccc(-n3c4ccc(C)cc4c4ncccc43)cc2C)c(C)c1. The van der Waals surface area contributed by atoms with E-state index in [1.807, 2.05) is 24.7 Å². The lowest BCUT2D eigenvalue weighted by Crippen LogP contribution is -1.98. The molecule has 0 unspecified atom stereocenters. The van der Waals surface area contributed by atoms with Crippen LogP contribution in [0.1, 0.15) is 22.3 Å². The summed E-state index contributed by atoms with van der Waals surface area (Å²) < 4.78 is 4.69. The van der Waals surface area contributed by atoms with Gasteiger partial charge in [-0.1, -0.05) is 35.4 Å². The Labute approximate surface area is 244 Å². The van der Waals surface area contributed by atoms with Crippen LogP contribution in [0.4, 0.5) is 0 Å². The zero-order chi connectivity index (χ0) is 28.5. The number of benzene rings is 4. The molecule has 0 spiro atoms. The molecule has 8 rings (SSSR count). The van der Waals surface area contributed by atoms with E-state index in [-0.39, 0.29) is 0 Å². The number of aryl methyl sites for hydroxylation is 4. The molecule has 0 saturated heterocycles. The minimum Gasteiger partial charge on any atom is -0.309 e. The molecule has 4 aromatic carbocycles. The molecule has 42 heavy (non-hydrogen) atoms. The lowest BCUT2D eigenvalue weighted by Gasteiger charge is -2.15. The molecule has 4 nitrogen and oxygen atoms in total. The average molecular weight is 543 g/mol. The van der Waals surface area contributed by atoms with Gasteiger partial charge in [0, 0.05) is 46.1 Å². The normalized spacial score (nSPS) is 11.8. The van der Waals surface area contributed by atoms with Gasteiger partial charge in [0.15, 0.2) is 0 Å². The van der Waals surface area contributed by atoms with E-state index in [0.29, 0.717) is 0 Å². The third kappa shape index (κ3) is 3.61. The highest BCUT2D eigenvalue weighted by Crippen LogP contribution is 2.36. The van der Waals surface area contributed by atoms with Crippen LogP contribution in [0.15, 0.2) is 110 Å². The predicted molar refractivity (Wildman–Crippen MR) is 175 cm³/mol. The second-order valence-electron chi connectivity index (χ2n) is 11.5. The molecule has 0 radical (unpaired) electrons. The van der Waals surface area contributed by atoms with Gasteiger partial charge in [0.05, 0.1) is 27.6 Å². The van der Waals surface area contributed by atoms with Crippen molar-refractivity contribution < 1.29 is 0 Å². The van der Waals surface area contributed by atoms with E-state index in [4.69, 9.17) is 4.98 Å². The summed E-state index contributed by atoms with van der Waals surface area (Å²) in [6.45, 7) is 8.71. The van der Waals surface area contributed by atoms with Crippen LogP contribution in [0.3, 0.4) is 0 Å². The molecule has 0 atom stereocenters. The first kappa shape index (κ1) is 24.6. The van der Waals surface area contributed by atoms with Crippen molar-refractivity contribution in [1.29, 1.82) is 0 Å². The first-order valence-electron chi connectivity index (χ1n) is 14.4. The van der Waals surface area contributed by atoms with Gasteiger partial charge >= 0.3 is 0 Å². The summed E-state index contributed by atoms with van der Waals surface area (Å²) in [6.07, 6.45) is 5.74. The maximum absolute atomic E-state index is 4.74. The summed E-state index contributed by atoms with van der Waals surface area (Å²) in [5, 5.41) is 3.61. The first-order valence-corrected chi connectivity index (χ1v) is 14.4. The van der Waals surface area contributed by atoms with Crippen molar-refractivity contribution in [2.24, 2.45) is 0 Å². The summed E-state index contributed by atoms with van der Waals surface area (Å²) in [6, 6.07) is 33.2. The Hall–Kier alpha value is -5.22. The van der Waals surface area contributed by atoms with Gasteiger partial charge in [0.25, 0.3) is 0 Å². The topological polar surface area (TPSA) is 35.6 Å². The molecule has 202 valence electrons. The Morgan fingerprint density at radius 1 is 0.500 bits per heavy atom. The van der Waals surface area contributed by atoms with Crippen molar-refractivity contribution in [3.63, 3.8) is 0 Å². The minimum atomic E-state index is 1.04. The van der Waals surface area contributed by atoms with Crippen LogP contribution < -0.4 is 0 Å². The van der Waals surface area contributed by atoms with Crippen molar-refractivity contribution in [3.8, 4) is 22.5 Å². The van der Waals surface area contributed by atoms with Crippen LogP contribution >= 0.6 is 0 Å². The summed E-state index contributed by atoms with van der Waals surface area (Å²) in [5.74, 6) is 0. The molecule has 0 bridgehead atoms. The van der Waals surface area contributed by atoms with Gasteiger partial charge in [-0.15, -0.1) is 0 Å². The van der Waals surface area contributed by atoms with E-state index >= 15 is 0 Å². The second-order valence-corrected chi connectivity index (χ2v) is 11.5. The maximum Gasteiger partial charge on any atom is 0.0963 e. The van der Waals surface area contributed by atoms with E-state index < -0.39 is 0 Å². The van der Waals surface area contributed by atoms with Gasteiger partial charge in [-0.25, -0.2) is 0 Å². The fraction of sp³-hybridized carbons (Fsp3) is 0.105. The summed E-state index contributed by atoms with van der Waals surface area (Å²) in [7, 11) is 0. The van der Waals surface area contributed by atoms with Crippen molar-refractivity contribution in [2.45, 2.75) is 27.7 Å². The smallest absolute Gasteiger partial charge is 0.0963 e. The standard InChI is InChI=1S/C38H30N4/c1-23-7-13-34-31(18-23)33-22-39-17-15-36(33)41(34)27-9-11-29(25(3)20-27)30-12-10-28(21-26(30)4)42-35-14-8-24(2)19-32(35)38-37(42)6-5-16-40-38/h5-22H,1-4H3. The van der Waals surface area contributed by atoms with Crippen LogP contribution in [0.25, 0.3) is 66.2 Å². The fourth-order valence-electron chi connectivity index (χ4n) is 6.66. The highest BCUT2D eigenvalue weighted by atomic mass is 15.0. The van der Waals surface area contributed by atoms with Gasteiger partial charge in [-0.2, -0.15) is 0 Å². The fourth-order valence-corrected chi connectivity index (χ4v) is 6.66. The third-order valence-corrected chi connectivity index (χ3v) is 8.62. The molecular formula is C38H30N4. The number of rotatable bonds is 3. The molecule has 0 aliphatic heterocycles. The van der Waals surface area contributed by atoms with Crippen molar-refractivity contribution in [1.82, 2.24) is 19.1 Å². The predicted octanol–water partition coefficient (Wildman–Crippen LogP) is 9.57. The van der Waals surface area contributed by atoms with Crippen LogP contribution in [0, 0.1) is 27.7 Å². The van der Waals surface area contributed by atoms with E-state index in [1.165, 1.54) is 66.1 Å². The van der Waals surface area contributed by atoms with Gasteiger partial charge in [-0.05, 0) is 117 Å². The quantitative estimate of drug-likeness (QED) is 0.223. The summed E-state index contributed by atoms with van der Waals surface area (Å²) in [4.78, 5) is 9.17. The molecular weight excluding hydrogens is 512 g/mol. The number of pyridine rings is 2. The third-order valence-electron chi connectivity index (χ3n) is 8.62. The number of fused-ring (bicyclic) bond motifs is 6. The molecule has 0 aliphatic rings. The molecule has 0 saturated carbocycles. The van der Waals surface area contributed by atoms with E-state index in [9.17, 15) is 0 Å². The van der Waals surface area contributed by atoms with Crippen molar-refractivity contribution in [3.05, 3.63) is 132 Å². The second kappa shape index (κ2) is 9.15.